The molecule has 0 bridgehead atoms. The predicted molar refractivity (Wildman–Crippen MR) is 131 cm³/mol. The van der Waals surface area contributed by atoms with Gasteiger partial charge in [0.05, 0.1) is 17.8 Å². The lowest BCUT2D eigenvalue weighted by Gasteiger charge is -2.33. The Morgan fingerprint density at radius 1 is 1.19 bits per heavy atom. The van der Waals surface area contributed by atoms with Crippen molar-refractivity contribution < 1.29 is 9.90 Å². The number of aromatic nitrogens is 1. The van der Waals surface area contributed by atoms with Crippen LogP contribution in [0.15, 0.2) is 71.3 Å². The number of fused-ring (bicyclic) bond motifs is 1. The molecule has 4 rings (SSSR count). The van der Waals surface area contributed by atoms with Crippen LogP contribution < -0.4 is 10.6 Å². The number of nitrogens with zero attached hydrogens (tertiary/aromatic N) is 1. The largest absolute Gasteiger partial charge is 0.481 e. The van der Waals surface area contributed by atoms with Gasteiger partial charge < -0.3 is 15.7 Å². The van der Waals surface area contributed by atoms with Crippen LogP contribution in [0.25, 0.3) is 0 Å². The van der Waals surface area contributed by atoms with Gasteiger partial charge in [-0.1, -0.05) is 61.5 Å². The molecule has 3 atom stereocenters. The Labute approximate surface area is 197 Å². The number of carboxylic acids is 1. The van der Waals surface area contributed by atoms with Gasteiger partial charge in [0.25, 0.3) is 0 Å². The quantitative estimate of drug-likeness (QED) is 0.402. The highest BCUT2D eigenvalue weighted by molar-refractivity contribution is 9.10. The summed E-state index contributed by atoms with van der Waals surface area (Å²) in [6.45, 7) is 3.86. The molecular weight excluding hydrogens is 466 g/mol. The molecule has 0 fully saturated rings. The monoisotopic (exact) mass is 493 g/mol. The number of rotatable bonds is 8. The summed E-state index contributed by atoms with van der Waals surface area (Å²) in [4.78, 5) is 15.7. The Morgan fingerprint density at radius 3 is 2.75 bits per heavy atom. The SMILES string of the molecule is CC(CN[C@H](c1ccccc1)[C@H]1CNc2cc(Br)cnc2C1)c1cccc(CC(=O)O)c1. The predicted octanol–water partition coefficient (Wildman–Crippen LogP) is 5.19. The van der Waals surface area contributed by atoms with Gasteiger partial charge in [-0.25, -0.2) is 0 Å². The zero-order valence-electron chi connectivity index (χ0n) is 18.1. The van der Waals surface area contributed by atoms with Crippen molar-refractivity contribution in [2.75, 3.05) is 18.4 Å². The van der Waals surface area contributed by atoms with Crippen LogP contribution in [0.5, 0.6) is 0 Å². The fourth-order valence-electron chi connectivity index (χ4n) is 4.40. The van der Waals surface area contributed by atoms with E-state index in [2.05, 4.69) is 74.9 Å². The summed E-state index contributed by atoms with van der Waals surface area (Å²) in [5.74, 6) is -0.181. The molecule has 5 nitrogen and oxygen atoms in total. The number of carboxylic acid groups (broad SMARTS) is 1. The molecule has 0 amide bonds. The Bertz CT molecular complexity index is 1070. The lowest BCUT2D eigenvalue weighted by atomic mass is 9.86. The summed E-state index contributed by atoms with van der Waals surface area (Å²) in [6.07, 6.45) is 2.82. The van der Waals surface area contributed by atoms with Gasteiger partial charge in [-0.15, -0.1) is 0 Å². The van der Waals surface area contributed by atoms with E-state index < -0.39 is 5.97 Å². The molecule has 166 valence electrons. The van der Waals surface area contributed by atoms with Crippen LogP contribution in [0.2, 0.25) is 0 Å². The van der Waals surface area contributed by atoms with Crippen LogP contribution >= 0.6 is 15.9 Å². The van der Waals surface area contributed by atoms with Crippen molar-refractivity contribution in [1.29, 1.82) is 0 Å². The second kappa shape index (κ2) is 10.3. The van der Waals surface area contributed by atoms with Crippen molar-refractivity contribution in [3.8, 4) is 0 Å². The maximum atomic E-state index is 11.1. The Hall–Kier alpha value is -2.70. The Balaban J connectivity index is 1.50. The van der Waals surface area contributed by atoms with E-state index in [1.54, 1.807) is 0 Å². The number of aliphatic carboxylic acids is 1. The molecule has 0 aliphatic carbocycles. The summed E-state index contributed by atoms with van der Waals surface area (Å²) < 4.78 is 0.985. The fourth-order valence-corrected chi connectivity index (χ4v) is 4.73. The van der Waals surface area contributed by atoms with Crippen molar-refractivity contribution in [2.24, 2.45) is 5.92 Å². The zero-order valence-corrected chi connectivity index (χ0v) is 19.7. The van der Waals surface area contributed by atoms with Crippen molar-refractivity contribution >= 4 is 27.6 Å². The first kappa shape index (κ1) is 22.5. The third-order valence-electron chi connectivity index (χ3n) is 6.10. The molecule has 3 N–H and O–H groups in total. The van der Waals surface area contributed by atoms with Gasteiger partial charge in [-0.3, -0.25) is 9.78 Å². The van der Waals surface area contributed by atoms with Gasteiger partial charge in [0.15, 0.2) is 0 Å². The number of hydrogen-bond donors (Lipinski definition) is 3. The average molecular weight is 494 g/mol. The molecule has 0 saturated carbocycles. The minimum atomic E-state index is -0.803. The van der Waals surface area contributed by atoms with Crippen molar-refractivity contribution in [3.63, 3.8) is 0 Å². The van der Waals surface area contributed by atoms with E-state index in [9.17, 15) is 4.79 Å². The second-order valence-electron chi connectivity index (χ2n) is 8.51. The van der Waals surface area contributed by atoms with Gasteiger partial charge in [0.1, 0.15) is 0 Å². The summed E-state index contributed by atoms with van der Waals surface area (Å²) in [5, 5.41) is 16.5. The number of anilines is 1. The first-order chi connectivity index (χ1) is 15.5. The Kier molecular flexibility index (Phi) is 7.22. The summed E-state index contributed by atoms with van der Waals surface area (Å²) in [5.41, 5.74) is 5.47. The van der Waals surface area contributed by atoms with E-state index in [4.69, 9.17) is 5.11 Å². The number of benzene rings is 2. The molecule has 1 aliphatic heterocycles. The minimum absolute atomic E-state index is 0.0525. The number of carbonyl (C=O) groups is 1. The van der Waals surface area contributed by atoms with Crippen LogP contribution in [0.4, 0.5) is 5.69 Å². The normalized spacial score (nSPS) is 17.1. The minimum Gasteiger partial charge on any atom is -0.481 e. The van der Waals surface area contributed by atoms with E-state index in [-0.39, 0.29) is 18.4 Å². The number of hydrogen-bond acceptors (Lipinski definition) is 4. The highest BCUT2D eigenvalue weighted by Gasteiger charge is 2.28. The molecule has 1 aromatic heterocycles. The summed E-state index contributed by atoms with van der Waals surface area (Å²) in [6, 6.07) is 20.8. The van der Waals surface area contributed by atoms with Crippen LogP contribution in [0.1, 0.15) is 41.3 Å². The van der Waals surface area contributed by atoms with E-state index >= 15 is 0 Å². The topological polar surface area (TPSA) is 74.2 Å². The first-order valence-electron chi connectivity index (χ1n) is 11.0. The Morgan fingerprint density at radius 2 is 1.97 bits per heavy atom. The number of nitrogens with one attached hydrogen (secondary N) is 2. The molecule has 0 spiro atoms. The number of pyridine rings is 1. The highest BCUT2D eigenvalue weighted by atomic mass is 79.9. The van der Waals surface area contributed by atoms with Crippen molar-refractivity contribution in [2.45, 2.75) is 31.7 Å². The van der Waals surface area contributed by atoms with Gasteiger partial charge in [0.2, 0.25) is 0 Å². The molecule has 6 heteroatoms. The lowest BCUT2D eigenvalue weighted by Crippen LogP contribution is -2.37. The van der Waals surface area contributed by atoms with E-state index in [1.807, 2.05) is 30.5 Å². The molecule has 32 heavy (non-hydrogen) atoms. The van der Waals surface area contributed by atoms with Gasteiger partial charge in [-0.2, -0.15) is 0 Å². The molecule has 0 radical (unpaired) electrons. The molecule has 1 unspecified atom stereocenters. The summed E-state index contributed by atoms with van der Waals surface area (Å²) >= 11 is 3.50. The highest BCUT2D eigenvalue weighted by Crippen LogP contribution is 2.33. The first-order valence-corrected chi connectivity index (χ1v) is 11.8. The van der Waals surface area contributed by atoms with E-state index in [1.165, 1.54) is 5.56 Å². The van der Waals surface area contributed by atoms with E-state index in [0.717, 1.165) is 46.5 Å². The molecule has 2 heterocycles. The summed E-state index contributed by atoms with van der Waals surface area (Å²) in [7, 11) is 0. The van der Waals surface area contributed by atoms with Gasteiger partial charge >= 0.3 is 5.97 Å². The molecular formula is C26H28BrN3O2. The van der Waals surface area contributed by atoms with Crippen LogP contribution in [0.3, 0.4) is 0 Å². The van der Waals surface area contributed by atoms with Gasteiger partial charge in [0, 0.05) is 35.7 Å². The maximum Gasteiger partial charge on any atom is 0.307 e. The smallest absolute Gasteiger partial charge is 0.307 e. The van der Waals surface area contributed by atoms with Crippen molar-refractivity contribution in [3.05, 3.63) is 93.7 Å². The maximum absolute atomic E-state index is 11.1. The zero-order chi connectivity index (χ0) is 22.5. The third kappa shape index (κ3) is 5.56. The molecule has 3 aromatic rings. The second-order valence-corrected chi connectivity index (χ2v) is 9.42. The third-order valence-corrected chi connectivity index (χ3v) is 6.53. The molecule has 2 aromatic carbocycles. The van der Waals surface area contributed by atoms with Crippen LogP contribution in [0, 0.1) is 5.92 Å². The fraction of sp³-hybridized carbons (Fsp3) is 0.308. The van der Waals surface area contributed by atoms with Crippen LogP contribution in [-0.4, -0.2) is 29.1 Å². The van der Waals surface area contributed by atoms with Gasteiger partial charge in [-0.05, 0) is 51.0 Å². The molecule has 0 saturated heterocycles. The standard InChI is InChI=1S/C26H28BrN3O2/c1-17(20-9-5-6-18(10-20)11-25(31)32)14-30-26(19-7-3-2-4-8-19)21-12-23-24(28-15-21)13-22(27)16-29-23/h2-10,13,16-17,21,26,28,30H,11-12,14-15H2,1H3,(H,31,32)/t17?,21-,26-/m1/s1. The number of halogens is 1. The van der Waals surface area contributed by atoms with E-state index in [0.29, 0.717) is 5.92 Å². The molecule has 1 aliphatic rings. The van der Waals surface area contributed by atoms with Crippen LogP contribution in [-0.2, 0) is 17.6 Å². The lowest BCUT2D eigenvalue weighted by molar-refractivity contribution is -0.136. The van der Waals surface area contributed by atoms with Crippen molar-refractivity contribution in [1.82, 2.24) is 10.3 Å². The average Bonchev–Trinajstić information content (AvgIpc) is 2.79.